The van der Waals surface area contributed by atoms with Crippen molar-refractivity contribution in [2.24, 2.45) is 11.8 Å². The molecule has 0 aromatic carbocycles. The van der Waals surface area contributed by atoms with Crippen molar-refractivity contribution in [2.45, 2.75) is 46.1 Å². The molecule has 0 aliphatic carbocycles. The van der Waals surface area contributed by atoms with Crippen LogP contribution in [0.3, 0.4) is 0 Å². The second-order valence-electron chi connectivity index (χ2n) is 5.95. The maximum absolute atomic E-state index is 5.30. The Kier molecular flexibility index (Phi) is 7.87. The predicted molar refractivity (Wildman–Crippen MR) is 78.0 cm³/mol. The van der Waals surface area contributed by atoms with E-state index in [1.807, 2.05) is 0 Å². The number of nitrogens with one attached hydrogen (secondary N) is 1. The van der Waals surface area contributed by atoms with Crippen LogP contribution >= 0.6 is 0 Å². The molecule has 0 bridgehead atoms. The molecule has 0 amide bonds. The van der Waals surface area contributed by atoms with E-state index in [1.165, 1.54) is 32.4 Å². The highest BCUT2D eigenvalue weighted by Gasteiger charge is 2.21. The van der Waals surface area contributed by atoms with Crippen molar-refractivity contribution in [3.05, 3.63) is 0 Å². The highest BCUT2D eigenvalue weighted by Crippen LogP contribution is 2.24. The van der Waals surface area contributed by atoms with E-state index < -0.39 is 0 Å². The van der Waals surface area contributed by atoms with E-state index in [9.17, 15) is 0 Å². The van der Waals surface area contributed by atoms with Crippen molar-refractivity contribution in [1.29, 1.82) is 0 Å². The minimum atomic E-state index is 0.482. The van der Waals surface area contributed by atoms with Crippen LogP contribution in [0.15, 0.2) is 0 Å². The van der Waals surface area contributed by atoms with Gasteiger partial charge in [0.15, 0.2) is 0 Å². The maximum Gasteiger partial charge on any atom is 0.0628 e. The van der Waals surface area contributed by atoms with Gasteiger partial charge in [0.2, 0.25) is 0 Å². The van der Waals surface area contributed by atoms with Crippen molar-refractivity contribution >= 4 is 0 Å². The minimum absolute atomic E-state index is 0.482. The van der Waals surface area contributed by atoms with E-state index in [1.54, 1.807) is 7.11 Å². The zero-order valence-corrected chi connectivity index (χ0v) is 12.7. The molecule has 1 rings (SSSR count). The fourth-order valence-electron chi connectivity index (χ4n) is 3.01. The first-order chi connectivity index (χ1) is 8.67. The third kappa shape index (κ3) is 5.68. The van der Waals surface area contributed by atoms with E-state index in [2.05, 4.69) is 31.0 Å². The molecule has 3 nitrogen and oxygen atoms in total. The Morgan fingerprint density at radius 2 is 2.06 bits per heavy atom. The van der Waals surface area contributed by atoms with Gasteiger partial charge in [0.05, 0.1) is 6.61 Å². The number of likely N-dealkylation sites (tertiary alicyclic amines) is 1. The molecule has 3 heteroatoms. The molecule has 1 fully saturated rings. The van der Waals surface area contributed by atoms with Gasteiger partial charge in [-0.1, -0.05) is 20.8 Å². The first-order valence-electron chi connectivity index (χ1n) is 7.62. The topological polar surface area (TPSA) is 24.5 Å². The van der Waals surface area contributed by atoms with Crippen LogP contribution in [0.2, 0.25) is 0 Å². The first kappa shape index (κ1) is 15.9. The van der Waals surface area contributed by atoms with Crippen LogP contribution < -0.4 is 5.32 Å². The molecule has 1 aliphatic rings. The monoisotopic (exact) mass is 256 g/mol. The van der Waals surface area contributed by atoms with Crippen molar-refractivity contribution in [2.75, 3.05) is 39.9 Å². The molecule has 108 valence electrons. The number of hydrogen-bond acceptors (Lipinski definition) is 3. The Balaban J connectivity index is 2.37. The van der Waals surface area contributed by atoms with Crippen molar-refractivity contribution in [3.63, 3.8) is 0 Å². The van der Waals surface area contributed by atoms with Crippen LogP contribution in [-0.4, -0.2) is 50.8 Å². The third-order valence-electron chi connectivity index (χ3n) is 4.15. The summed E-state index contributed by atoms with van der Waals surface area (Å²) in [7, 11) is 1.79. The lowest BCUT2D eigenvalue weighted by molar-refractivity contribution is 0.139. The Hall–Kier alpha value is -0.120. The zero-order valence-electron chi connectivity index (χ0n) is 12.7. The lowest BCUT2D eigenvalue weighted by atomic mass is 9.89. The summed E-state index contributed by atoms with van der Waals surface area (Å²) in [6, 6.07) is 0.482. The summed E-state index contributed by atoms with van der Waals surface area (Å²) >= 11 is 0. The fourth-order valence-corrected chi connectivity index (χ4v) is 3.01. The first-order valence-corrected chi connectivity index (χ1v) is 7.62. The molecule has 0 radical (unpaired) electrons. The zero-order chi connectivity index (χ0) is 13.4. The van der Waals surface area contributed by atoms with Crippen LogP contribution in [-0.2, 0) is 4.74 Å². The quantitative estimate of drug-likeness (QED) is 0.757. The molecule has 0 spiro atoms. The molecular weight excluding hydrogens is 224 g/mol. The predicted octanol–water partition coefficient (Wildman–Crippen LogP) is 2.37. The standard InChI is InChI=1S/C15H32N2O/c1-5-16-15(12-18-4)11-17-9-6-7-14(8-10-17)13(2)3/h13-16H,5-12H2,1-4H3. The van der Waals surface area contributed by atoms with Gasteiger partial charge in [-0.2, -0.15) is 0 Å². The largest absolute Gasteiger partial charge is 0.383 e. The molecular formula is C15H32N2O. The van der Waals surface area contributed by atoms with Crippen LogP contribution in [0.1, 0.15) is 40.0 Å². The smallest absolute Gasteiger partial charge is 0.0628 e. The van der Waals surface area contributed by atoms with Gasteiger partial charge in [0.25, 0.3) is 0 Å². The van der Waals surface area contributed by atoms with Gasteiger partial charge >= 0.3 is 0 Å². The van der Waals surface area contributed by atoms with Gasteiger partial charge < -0.3 is 15.0 Å². The number of methoxy groups -OCH3 is 1. The summed E-state index contributed by atoms with van der Waals surface area (Å²) in [6.07, 6.45) is 4.13. The molecule has 2 unspecified atom stereocenters. The van der Waals surface area contributed by atoms with Gasteiger partial charge in [-0.05, 0) is 50.7 Å². The van der Waals surface area contributed by atoms with Gasteiger partial charge in [-0.15, -0.1) is 0 Å². The molecule has 1 saturated heterocycles. The van der Waals surface area contributed by atoms with Crippen LogP contribution in [0.4, 0.5) is 0 Å². The van der Waals surface area contributed by atoms with Crippen LogP contribution in [0.25, 0.3) is 0 Å². The van der Waals surface area contributed by atoms with Gasteiger partial charge in [-0.25, -0.2) is 0 Å². The van der Waals surface area contributed by atoms with E-state index in [-0.39, 0.29) is 0 Å². The van der Waals surface area contributed by atoms with E-state index in [4.69, 9.17) is 4.74 Å². The normalized spacial score (nSPS) is 24.2. The summed E-state index contributed by atoms with van der Waals surface area (Å²) in [4.78, 5) is 2.62. The van der Waals surface area contributed by atoms with Crippen molar-refractivity contribution in [1.82, 2.24) is 10.2 Å². The van der Waals surface area contributed by atoms with Crippen LogP contribution in [0.5, 0.6) is 0 Å². The SMILES string of the molecule is CCNC(COC)CN1CCCC(C(C)C)CC1. The number of ether oxygens (including phenoxy) is 1. The van der Waals surface area contributed by atoms with Crippen molar-refractivity contribution in [3.8, 4) is 0 Å². The van der Waals surface area contributed by atoms with Crippen LogP contribution in [0, 0.1) is 11.8 Å². The average Bonchev–Trinajstić information content (AvgIpc) is 2.55. The molecule has 1 heterocycles. The van der Waals surface area contributed by atoms with Crippen molar-refractivity contribution < 1.29 is 4.74 Å². The van der Waals surface area contributed by atoms with Gasteiger partial charge in [0.1, 0.15) is 0 Å². The summed E-state index contributed by atoms with van der Waals surface area (Å²) in [5.41, 5.74) is 0. The Morgan fingerprint density at radius 3 is 2.67 bits per heavy atom. The Morgan fingerprint density at radius 1 is 1.28 bits per heavy atom. The lowest BCUT2D eigenvalue weighted by Crippen LogP contribution is -2.44. The molecule has 1 N–H and O–H groups in total. The minimum Gasteiger partial charge on any atom is -0.383 e. The van der Waals surface area contributed by atoms with Gasteiger partial charge in [-0.3, -0.25) is 0 Å². The molecule has 18 heavy (non-hydrogen) atoms. The molecule has 0 aromatic rings. The average molecular weight is 256 g/mol. The number of nitrogens with zero attached hydrogens (tertiary/aromatic N) is 1. The molecule has 1 aliphatic heterocycles. The summed E-state index contributed by atoms with van der Waals surface area (Å²) in [5, 5.41) is 3.52. The maximum atomic E-state index is 5.30. The number of hydrogen-bond donors (Lipinski definition) is 1. The molecule has 2 atom stereocenters. The highest BCUT2D eigenvalue weighted by atomic mass is 16.5. The number of likely N-dealkylation sites (N-methyl/N-ethyl adjacent to an activating group) is 1. The van der Waals surface area contributed by atoms with E-state index in [0.717, 1.165) is 31.5 Å². The highest BCUT2D eigenvalue weighted by molar-refractivity contribution is 4.76. The molecule has 0 aromatic heterocycles. The fraction of sp³-hybridized carbons (Fsp3) is 1.00. The summed E-state index contributed by atoms with van der Waals surface area (Å²) in [5.74, 6) is 1.77. The summed E-state index contributed by atoms with van der Waals surface area (Å²) in [6.45, 7) is 12.4. The lowest BCUT2D eigenvalue weighted by Gasteiger charge is -2.26. The molecule has 0 saturated carbocycles. The Bertz CT molecular complexity index is 203. The van der Waals surface area contributed by atoms with Gasteiger partial charge in [0, 0.05) is 19.7 Å². The second kappa shape index (κ2) is 8.89. The second-order valence-corrected chi connectivity index (χ2v) is 5.95. The summed E-state index contributed by atoms with van der Waals surface area (Å²) < 4.78 is 5.30. The number of rotatable bonds is 7. The Labute approximate surface area is 113 Å². The van der Waals surface area contributed by atoms with E-state index in [0.29, 0.717) is 6.04 Å². The van der Waals surface area contributed by atoms with E-state index >= 15 is 0 Å². The third-order valence-corrected chi connectivity index (χ3v) is 4.15.